The summed E-state index contributed by atoms with van der Waals surface area (Å²) in [6, 6.07) is 8.37. The smallest absolute Gasteiger partial charge is 0.241 e. The molecule has 0 spiro atoms. The lowest BCUT2D eigenvalue weighted by Gasteiger charge is -2.56. The molecular formula is C27H31N3O5. The Hall–Kier alpha value is -3.44. The molecule has 184 valence electrons. The van der Waals surface area contributed by atoms with Crippen LogP contribution in [-0.2, 0) is 17.6 Å². The summed E-state index contributed by atoms with van der Waals surface area (Å²) in [6.45, 7) is 4.06. The van der Waals surface area contributed by atoms with Crippen LogP contribution in [0.15, 0.2) is 24.3 Å². The second-order valence-electron chi connectivity index (χ2n) is 9.33. The summed E-state index contributed by atoms with van der Waals surface area (Å²) < 4.78 is 22.7. The minimum absolute atomic E-state index is 0.0203. The molecule has 8 heteroatoms. The van der Waals surface area contributed by atoms with Crippen molar-refractivity contribution in [2.45, 2.75) is 56.9 Å². The zero-order chi connectivity index (χ0) is 25.0. The summed E-state index contributed by atoms with van der Waals surface area (Å²) in [4.78, 5) is 18.2. The van der Waals surface area contributed by atoms with E-state index in [4.69, 9.17) is 18.9 Å². The lowest BCUT2D eigenvalue weighted by Crippen LogP contribution is -2.69. The summed E-state index contributed by atoms with van der Waals surface area (Å²) in [5.41, 5.74) is 3.89. The Bertz CT molecular complexity index is 1220. The highest BCUT2D eigenvalue weighted by Crippen LogP contribution is 2.50. The van der Waals surface area contributed by atoms with E-state index in [-0.39, 0.29) is 24.0 Å². The normalized spacial score (nSPS) is 27.1. The molecule has 0 N–H and O–H groups in total. The van der Waals surface area contributed by atoms with Gasteiger partial charge in [0.15, 0.2) is 0 Å². The number of carbonyl (C=O) groups is 1. The van der Waals surface area contributed by atoms with Crippen LogP contribution in [0, 0.1) is 11.3 Å². The van der Waals surface area contributed by atoms with Gasteiger partial charge < -0.3 is 23.8 Å². The van der Waals surface area contributed by atoms with E-state index in [1.165, 1.54) is 0 Å². The average molecular weight is 478 g/mol. The number of methoxy groups -OCH3 is 4. The van der Waals surface area contributed by atoms with Crippen LogP contribution >= 0.6 is 0 Å². The van der Waals surface area contributed by atoms with E-state index in [2.05, 4.69) is 11.0 Å². The number of rotatable bonds is 4. The third-order valence-electron chi connectivity index (χ3n) is 8.01. The van der Waals surface area contributed by atoms with Gasteiger partial charge in [0.2, 0.25) is 5.91 Å². The van der Waals surface area contributed by atoms with Gasteiger partial charge in [0.1, 0.15) is 29.0 Å². The number of nitrogens with zero attached hydrogens (tertiary/aromatic N) is 3. The average Bonchev–Trinajstić information content (AvgIpc) is 2.88. The monoisotopic (exact) mass is 477 g/mol. The van der Waals surface area contributed by atoms with Crippen molar-refractivity contribution in [2.75, 3.05) is 28.4 Å². The van der Waals surface area contributed by atoms with Crippen LogP contribution in [0.1, 0.15) is 48.2 Å². The molecule has 0 aliphatic carbocycles. The summed E-state index contributed by atoms with van der Waals surface area (Å²) in [6.07, 6.45) is 0.969. The lowest BCUT2D eigenvalue weighted by atomic mass is 9.77. The molecule has 0 unspecified atom stereocenters. The fourth-order valence-corrected chi connectivity index (χ4v) is 6.56. The molecule has 2 aromatic rings. The summed E-state index contributed by atoms with van der Waals surface area (Å²) in [5, 5.41) is 10.5. The molecule has 1 fully saturated rings. The van der Waals surface area contributed by atoms with Crippen molar-refractivity contribution < 1.29 is 23.7 Å². The third-order valence-corrected chi connectivity index (χ3v) is 8.01. The van der Waals surface area contributed by atoms with Gasteiger partial charge in [-0.05, 0) is 44.5 Å². The van der Waals surface area contributed by atoms with E-state index in [9.17, 15) is 10.1 Å². The van der Waals surface area contributed by atoms with Crippen LogP contribution in [0.3, 0.4) is 0 Å². The molecule has 3 aliphatic heterocycles. The maximum absolute atomic E-state index is 14.2. The van der Waals surface area contributed by atoms with Gasteiger partial charge in [-0.15, -0.1) is 0 Å². The fourth-order valence-electron chi connectivity index (χ4n) is 6.56. The van der Waals surface area contributed by atoms with E-state index < -0.39 is 12.1 Å². The topological polar surface area (TPSA) is 84.3 Å². The van der Waals surface area contributed by atoms with E-state index in [1.807, 2.05) is 43.0 Å². The van der Waals surface area contributed by atoms with Crippen molar-refractivity contribution in [1.82, 2.24) is 9.80 Å². The highest BCUT2D eigenvalue weighted by molar-refractivity contribution is 5.86. The number of ether oxygens (including phenoxy) is 4. The second-order valence-corrected chi connectivity index (χ2v) is 9.33. The molecule has 5 rings (SSSR count). The van der Waals surface area contributed by atoms with Crippen LogP contribution in [0.5, 0.6) is 23.0 Å². The Morgan fingerprint density at radius 2 is 1.29 bits per heavy atom. The van der Waals surface area contributed by atoms with E-state index in [0.717, 1.165) is 45.3 Å². The highest BCUT2D eigenvalue weighted by Gasteiger charge is 2.55. The SMILES string of the molecule is COc1ccc(OC)c2c1C[C@H]1[C@H](C#N)N3[C@H](C)c4c(OC)ccc(OC)c4C[C@H]3C(=O)N1[C@@H]2C. The van der Waals surface area contributed by atoms with E-state index >= 15 is 0 Å². The molecule has 5 atom stereocenters. The first-order valence-electron chi connectivity index (χ1n) is 11.9. The molecule has 1 saturated heterocycles. The largest absolute Gasteiger partial charge is 0.496 e. The zero-order valence-electron chi connectivity index (χ0n) is 21.0. The third kappa shape index (κ3) is 3.18. The Labute approximate surface area is 205 Å². The van der Waals surface area contributed by atoms with Crippen molar-refractivity contribution in [1.29, 1.82) is 5.26 Å². The number of nitriles is 1. The molecule has 0 radical (unpaired) electrons. The molecule has 0 bridgehead atoms. The number of hydrogen-bond acceptors (Lipinski definition) is 7. The van der Waals surface area contributed by atoms with Gasteiger partial charge in [-0.25, -0.2) is 0 Å². The number of fused-ring (bicyclic) bond motifs is 4. The van der Waals surface area contributed by atoms with Gasteiger partial charge in [0, 0.05) is 34.7 Å². The van der Waals surface area contributed by atoms with Crippen molar-refractivity contribution in [3.63, 3.8) is 0 Å². The van der Waals surface area contributed by atoms with E-state index in [1.54, 1.807) is 28.4 Å². The summed E-state index contributed by atoms with van der Waals surface area (Å²) >= 11 is 0. The predicted molar refractivity (Wildman–Crippen MR) is 129 cm³/mol. The number of carbonyl (C=O) groups excluding carboxylic acids is 1. The maximum Gasteiger partial charge on any atom is 0.241 e. The Morgan fingerprint density at radius 3 is 1.80 bits per heavy atom. The van der Waals surface area contributed by atoms with Gasteiger partial charge in [-0.2, -0.15) is 5.26 Å². The zero-order valence-corrected chi connectivity index (χ0v) is 21.0. The molecule has 0 saturated carbocycles. The first-order valence-corrected chi connectivity index (χ1v) is 11.9. The van der Waals surface area contributed by atoms with Gasteiger partial charge in [0.05, 0.1) is 52.6 Å². The first kappa shape index (κ1) is 23.3. The molecule has 1 amide bonds. The Kier molecular flexibility index (Phi) is 5.76. The van der Waals surface area contributed by atoms with Gasteiger partial charge in [0.25, 0.3) is 0 Å². The fraction of sp³-hybridized carbons (Fsp3) is 0.481. The minimum Gasteiger partial charge on any atom is -0.496 e. The van der Waals surface area contributed by atoms with Gasteiger partial charge in [-0.3, -0.25) is 9.69 Å². The molecule has 2 aromatic carbocycles. The number of benzene rings is 2. The van der Waals surface area contributed by atoms with Crippen molar-refractivity contribution in [3.8, 4) is 29.1 Å². The second kappa shape index (κ2) is 8.65. The van der Waals surface area contributed by atoms with Crippen LogP contribution in [0.25, 0.3) is 0 Å². The predicted octanol–water partition coefficient (Wildman–Crippen LogP) is 3.43. The minimum atomic E-state index is -0.497. The van der Waals surface area contributed by atoms with Crippen LogP contribution in [0.4, 0.5) is 0 Å². The van der Waals surface area contributed by atoms with Crippen LogP contribution in [-0.4, -0.2) is 62.3 Å². The van der Waals surface area contributed by atoms with Gasteiger partial charge >= 0.3 is 0 Å². The van der Waals surface area contributed by atoms with Crippen molar-refractivity contribution >= 4 is 5.91 Å². The quantitative estimate of drug-likeness (QED) is 0.667. The standard InChI is InChI=1S/C27H31N3O5/c1-14-25-17(22(33-4)8-9-23(25)34-5)12-19-27(31)30-15(2)26-16(11-18(30)20(13-28)29(14)19)21(32-3)7-10-24(26)35-6/h7-10,14-15,18-20H,11-12H2,1-6H3/t14-,15-,18+,19+,20+/m1/s1. The molecule has 8 nitrogen and oxygen atoms in total. The highest BCUT2D eigenvalue weighted by atomic mass is 16.5. The Morgan fingerprint density at radius 1 is 0.800 bits per heavy atom. The van der Waals surface area contributed by atoms with Crippen LogP contribution in [0.2, 0.25) is 0 Å². The molecule has 3 heterocycles. The number of amides is 1. The number of hydrogen-bond donors (Lipinski definition) is 0. The Balaban J connectivity index is 1.66. The molecule has 35 heavy (non-hydrogen) atoms. The van der Waals surface area contributed by atoms with E-state index in [0.29, 0.717) is 12.8 Å². The molecular weight excluding hydrogens is 446 g/mol. The van der Waals surface area contributed by atoms with Crippen LogP contribution < -0.4 is 18.9 Å². The summed E-state index contributed by atoms with van der Waals surface area (Å²) in [5.74, 6) is 2.98. The summed E-state index contributed by atoms with van der Waals surface area (Å²) in [7, 11) is 6.56. The number of piperazine rings is 1. The van der Waals surface area contributed by atoms with Crippen molar-refractivity contribution in [3.05, 3.63) is 46.5 Å². The van der Waals surface area contributed by atoms with Gasteiger partial charge in [-0.1, -0.05) is 0 Å². The van der Waals surface area contributed by atoms with Crippen molar-refractivity contribution in [2.24, 2.45) is 0 Å². The molecule has 0 aromatic heterocycles. The lowest BCUT2D eigenvalue weighted by molar-refractivity contribution is -0.157. The molecule has 3 aliphatic rings. The maximum atomic E-state index is 14.2. The first-order chi connectivity index (χ1) is 16.9.